The summed E-state index contributed by atoms with van der Waals surface area (Å²) in [4.78, 5) is 6.49. The van der Waals surface area contributed by atoms with Gasteiger partial charge in [0.2, 0.25) is 0 Å². The Balaban J connectivity index is 1.83. The summed E-state index contributed by atoms with van der Waals surface area (Å²) in [7, 11) is 3.91. The number of aliphatic imine (C=N–C) groups is 1. The van der Waals surface area contributed by atoms with E-state index in [1.54, 1.807) is 7.05 Å². The number of hydrogen-bond acceptors (Lipinski definition) is 4. The minimum Gasteiger partial charge on any atom is -0.348 e. The van der Waals surface area contributed by atoms with E-state index < -0.39 is 0 Å². The summed E-state index contributed by atoms with van der Waals surface area (Å²) in [6.45, 7) is 4.33. The Morgan fingerprint density at radius 2 is 2.19 bits per heavy atom. The van der Waals surface area contributed by atoms with Crippen LogP contribution in [0.2, 0.25) is 5.02 Å². The minimum absolute atomic E-state index is 0.0539. The number of hydrogen-bond donors (Lipinski definition) is 3. The summed E-state index contributed by atoms with van der Waals surface area (Å²) in [5, 5.41) is 11.2. The first-order valence-electron chi connectivity index (χ1n) is 9.22. The first-order chi connectivity index (χ1) is 12.5. The molecule has 2 aliphatic rings. The first-order valence-corrected chi connectivity index (χ1v) is 9.59. The Hall–Kier alpha value is -2.14. The van der Waals surface area contributed by atoms with Crippen LogP contribution in [-0.2, 0) is 6.42 Å². The molecule has 0 bridgehead atoms. The molecule has 0 saturated heterocycles. The van der Waals surface area contributed by atoms with Crippen molar-refractivity contribution in [2.45, 2.75) is 45.8 Å². The summed E-state index contributed by atoms with van der Waals surface area (Å²) >= 11 is 6.47. The van der Waals surface area contributed by atoms with E-state index in [0.29, 0.717) is 0 Å². The van der Waals surface area contributed by atoms with Gasteiger partial charge in [-0.3, -0.25) is 4.99 Å². The molecule has 0 spiro atoms. The van der Waals surface area contributed by atoms with Gasteiger partial charge in [0.05, 0.1) is 22.1 Å². The highest BCUT2D eigenvalue weighted by Crippen LogP contribution is 2.42. The molecule has 140 valence electrons. The van der Waals surface area contributed by atoms with Gasteiger partial charge in [0.15, 0.2) is 6.29 Å². The fraction of sp³-hybridized carbons (Fsp3) is 0.450. The molecule has 26 heavy (non-hydrogen) atoms. The van der Waals surface area contributed by atoms with Gasteiger partial charge >= 0.3 is 0 Å². The van der Waals surface area contributed by atoms with Crippen molar-refractivity contribution >= 4 is 28.8 Å². The van der Waals surface area contributed by atoms with Crippen molar-refractivity contribution in [2.24, 2.45) is 4.99 Å². The first kappa shape index (κ1) is 18.6. The monoisotopic (exact) mass is 373 g/mol. The predicted molar refractivity (Wildman–Crippen MR) is 112 cm³/mol. The number of benzene rings is 1. The lowest BCUT2D eigenvalue weighted by Crippen LogP contribution is -2.45. The maximum absolute atomic E-state index is 6.47. The van der Waals surface area contributed by atoms with Crippen molar-refractivity contribution in [3.63, 3.8) is 0 Å². The number of halogens is 1. The molecule has 0 radical (unpaired) electrons. The highest BCUT2D eigenvalue weighted by molar-refractivity contribution is 6.34. The quantitative estimate of drug-likeness (QED) is 0.723. The number of allylic oxidation sites excluding steroid dienone is 1. The Morgan fingerprint density at radius 3 is 2.92 bits per heavy atom. The van der Waals surface area contributed by atoms with Crippen molar-refractivity contribution in [2.75, 3.05) is 24.3 Å². The molecular weight excluding hydrogens is 346 g/mol. The second kappa shape index (κ2) is 8.04. The molecule has 1 aromatic carbocycles. The molecular formula is C20H28ClN5. The molecule has 1 atom stereocenters. The molecule has 5 nitrogen and oxygen atoms in total. The lowest BCUT2D eigenvalue weighted by atomic mass is 10.1. The number of unbranched alkanes of at least 4 members (excludes halogenated alkanes) is 1. The van der Waals surface area contributed by atoms with Crippen molar-refractivity contribution < 1.29 is 0 Å². The van der Waals surface area contributed by atoms with Crippen molar-refractivity contribution in [3.8, 4) is 0 Å². The van der Waals surface area contributed by atoms with Crippen LogP contribution in [0, 0.1) is 0 Å². The van der Waals surface area contributed by atoms with Crippen LogP contribution < -0.4 is 20.9 Å². The zero-order valence-electron chi connectivity index (χ0n) is 16.0. The fourth-order valence-corrected chi connectivity index (χ4v) is 3.57. The molecule has 0 fully saturated rings. The molecule has 1 unspecified atom stereocenters. The van der Waals surface area contributed by atoms with Gasteiger partial charge in [0.25, 0.3) is 0 Å². The van der Waals surface area contributed by atoms with Gasteiger partial charge in [-0.2, -0.15) is 0 Å². The predicted octanol–water partition coefficient (Wildman–Crippen LogP) is 4.23. The van der Waals surface area contributed by atoms with Gasteiger partial charge in [-0.05, 0) is 37.0 Å². The molecule has 2 heterocycles. The minimum atomic E-state index is -0.0539. The molecule has 3 rings (SSSR count). The Bertz CT molecular complexity index is 766. The SMILES string of the molecule is CCCCc1ccc(Cl)c2c1N(C)C(NC1=CNC(=NC)CC=C1C)N2. The van der Waals surface area contributed by atoms with E-state index in [2.05, 4.69) is 58.9 Å². The van der Waals surface area contributed by atoms with Gasteiger partial charge < -0.3 is 20.9 Å². The number of rotatable bonds is 5. The Kier molecular flexibility index (Phi) is 5.77. The summed E-state index contributed by atoms with van der Waals surface area (Å²) in [6.07, 6.45) is 8.35. The van der Waals surface area contributed by atoms with Gasteiger partial charge in [-0.15, -0.1) is 0 Å². The van der Waals surface area contributed by atoms with Crippen LogP contribution in [0.25, 0.3) is 0 Å². The van der Waals surface area contributed by atoms with E-state index in [9.17, 15) is 0 Å². The van der Waals surface area contributed by atoms with Crippen molar-refractivity contribution in [3.05, 3.63) is 46.3 Å². The maximum atomic E-state index is 6.47. The van der Waals surface area contributed by atoms with E-state index >= 15 is 0 Å². The number of nitrogens with one attached hydrogen (secondary N) is 3. The van der Waals surface area contributed by atoms with E-state index in [0.717, 1.165) is 35.1 Å². The van der Waals surface area contributed by atoms with Gasteiger partial charge in [0.1, 0.15) is 5.84 Å². The summed E-state index contributed by atoms with van der Waals surface area (Å²) < 4.78 is 0. The van der Waals surface area contributed by atoms with Gasteiger partial charge in [-0.1, -0.05) is 37.1 Å². The van der Waals surface area contributed by atoms with E-state index in [4.69, 9.17) is 11.6 Å². The smallest absolute Gasteiger partial charge is 0.176 e. The van der Waals surface area contributed by atoms with Gasteiger partial charge in [0, 0.05) is 26.7 Å². The second-order valence-electron chi connectivity index (χ2n) is 6.80. The van der Waals surface area contributed by atoms with E-state index in [-0.39, 0.29) is 6.29 Å². The number of nitrogens with zero attached hydrogens (tertiary/aromatic N) is 2. The lowest BCUT2D eigenvalue weighted by Gasteiger charge is -2.26. The molecule has 6 heteroatoms. The molecule has 0 aromatic heterocycles. The second-order valence-corrected chi connectivity index (χ2v) is 7.21. The van der Waals surface area contributed by atoms with Crippen molar-refractivity contribution in [1.82, 2.24) is 10.6 Å². The third-order valence-electron chi connectivity index (χ3n) is 5.00. The third kappa shape index (κ3) is 3.68. The molecule has 3 N–H and O–H groups in total. The van der Waals surface area contributed by atoms with Crippen LogP contribution in [0.4, 0.5) is 11.4 Å². The number of amidine groups is 1. The number of aryl methyl sites for hydroxylation is 1. The summed E-state index contributed by atoms with van der Waals surface area (Å²) in [5.41, 5.74) is 5.79. The Labute approximate surface area is 161 Å². The highest BCUT2D eigenvalue weighted by atomic mass is 35.5. The van der Waals surface area contributed by atoms with E-state index in [1.807, 2.05) is 12.3 Å². The maximum Gasteiger partial charge on any atom is 0.176 e. The van der Waals surface area contributed by atoms with Crippen LogP contribution in [0.5, 0.6) is 0 Å². The van der Waals surface area contributed by atoms with Crippen LogP contribution >= 0.6 is 11.6 Å². The van der Waals surface area contributed by atoms with E-state index in [1.165, 1.54) is 29.7 Å². The topological polar surface area (TPSA) is 51.7 Å². The lowest BCUT2D eigenvalue weighted by molar-refractivity contribution is 0.636. The van der Waals surface area contributed by atoms with Crippen LogP contribution in [0.1, 0.15) is 38.7 Å². The molecule has 2 aliphatic heterocycles. The normalized spacial score (nSPS) is 20.7. The molecule has 1 aromatic rings. The highest BCUT2D eigenvalue weighted by Gasteiger charge is 2.30. The average Bonchev–Trinajstić information content (AvgIpc) is 2.86. The van der Waals surface area contributed by atoms with Crippen molar-refractivity contribution in [1.29, 1.82) is 0 Å². The standard InChI is InChI=1S/C20H28ClN5/c1-5-6-7-14-9-10-15(21)18-19(14)26(4)20(25-18)24-16-12-23-17(22-3)11-8-13(16)2/h8-10,12,20,24-25H,5-7,11H2,1-4H3,(H,22,23). The molecule has 0 amide bonds. The summed E-state index contributed by atoms with van der Waals surface area (Å²) in [5.74, 6) is 0.960. The largest absolute Gasteiger partial charge is 0.348 e. The zero-order valence-corrected chi connectivity index (χ0v) is 16.7. The number of fused-ring (bicyclic) bond motifs is 1. The van der Waals surface area contributed by atoms with Crippen LogP contribution in [-0.4, -0.2) is 26.2 Å². The molecule has 0 saturated carbocycles. The van der Waals surface area contributed by atoms with Gasteiger partial charge in [-0.25, -0.2) is 0 Å². The molecule has 0 aliphatic carbocycles. The fourth-order valence-electron chi connectivity index (χ4n) is 3.36. The number of anilines is 2. The summed E-state index contributed by atoms with van der Waals surface area (Å²) in [6, 6.07) is 4.15. The Morgan fingerprint density at radius 1 is 1.38 bits per heavy atom. The average molecular weight is 374 g/mol. The third-order valence-corrected chi connectivity index (χ3v) is 5.32. The zero-order chi connectivity index (χ0) is 18.7. The van der Waals surface area contributed by atoms with Crippen LogP contribution in [0.3, 0.4) is 0 Å². The van der Waals surface area contributed by atoms with Crippen LogP contribution in [0.15, 0.2) is 40.7 Å².